The van der Waals surface area contributed by atoms with E-state index in [4.69, 9.17) is 0 Å². The molecule has 0 aliphatic carbocycles. The van der Waals surface area contributed by atoms with Crippen molar-refractivity contribution in [3.63, 3.8) is 0 Å². The fourth-order valence-corrected chi connectivity index (χ4v) is 2.27. The Morgan fingerprint density at radius 2 is 2.12 bits per heavy atom. The second-order valence-corrected chi connectivity index (χ2v) is 4.60. The molecule has 2 N–H and O–H groups in total. The molecule has 0 radical (unpaired) electrons. The average Bonchev–Trinajstić information content (AvgIpc) is 2.59. The summed E-state index contributed by atoms with van der Waals surface area (Å²) >= 11 is 0. The van der Waals surface area contributed by atoms with E-state index in [-0.39, 0.29) is 6.10 Å². The summed E-state index contributed by atoms with van der Waals surface area (Å²) in [4.78, 5) is 2.22. The number of likely N-dealkylation sites (N-methyl/N-ethyl adjacent to an activating group) is 1. The Balaban J connectivity index is 1.72. The highest BCUT2D eigenvalue weighted by Crippen LogP contribution is 2.14. The SMILES string of the molecule is CN1C[C@H](O)C[C@H]1CNCc1ccccc1. The third-order valence-electron chi connectivity index (χ3n) is 3.22. The van der Waals surface area contributed by atoms with Gasteiger partial charge >= 0.3 is 0 Å². The molecule has 3 nitrogen and oxygen atoms in total. The summed E-state index contributed by atoms with van der Waals surface area (Å²) in [6, 6.07) is 10.9. The van der Waals surface area contributed by atoms with Gasteiger partial charge in [0, 0.05) is 25.7 Å². The number of hydrogen-bond acceptors (Lipinski definition) is 3. The molecule has 1 fully saturated rings. The number of nitrogens with one attached hydrogen (secondary N) is 1. The van der Waals surface area contributed by atoms with Gasteiger partial charge in [-0.05, 0) is 19.0 Å². The van der Waals surface area contributed by atoms with Crippen LogP contribution in [0.25, 0.3) is 0 Å². The van der Waals surface area contributed by atoms with Crippen molar-refractivity contribution in [1.29, 1.82) is 0 Å². The number of nitrogens with zero attached hydrogens (tertiary/aromatic N) is 1. The van der Waals surface area contributed by atoms with Crippen LogP contribution < -0.4 is 5.32 Å². The van der Waals surface area contributed by atoms with Crippen LogP contribution in [-0.4, -0.2) is 42.3 Å². The molecule has 1 heterocycles. The van der Waals surface area contributed by atoms with Crippen LogP contribution in [0.1, 0.15) is 12.0 Å². The van der Waals surface area contributed by atoms with Crippen molar-refractivity contribution in [2.75, 3.05) is 20.1 Å². The van der Waals surface area contributed by atoms with Crippen LogP contribution in [0.3, 0.4) is 0 Å². The normalized spacial score (nSPS) is 26.1. The molecule has 2 rings (SSSR count). The van der Waals surface area contributed by atoms with E-state index in [2.05, 4.69) is 41.5 Å². The molecule has 1 aliphatic rings. The number of rotatable bonds is 4. The predicted molar refractivity (Wildman–Crippen MR) is 65.2 cm³/mol. The fourth-order valence-electron chi connectivity index (χ4n) is 2.27. The second-order valence-electron chi connectivity index (χ2n) is 4.60. The van der Waals surface area contributed by atoms with Crippen molar-refractivity contribution in [2.45, 2.75) is 25.1 Å². The summed E-state index contributed by atoms with van der Waals surface area (Å²) in [7, 11) is 2.07. The maximum Gasteiger partial charge on any atom is 0.0682 e. The Morgan fingerprint density at radius 1 is 1.38 bits per heavy atom. The quantitative estimate of drug-likeness (QED) is 0.789. The number of benzene rings is 1. The molecule has 0 spiro atoms. The zero-order valence-electron chi connectivity index (χ0n) is 9.76. The predicted octanol–water partition coefficient (Wildman–Crippen LogP) is 0.841. The molecule has 0 amide bonds. The van der Waals surface area contributed by atoms with Crippen LogP contribution in [0.2, 0.25) is 0 Å². The molecule has 0 aromatic heterocycles. The van der Waals surface area contributed by atoms with Gasteiger partial charge in [-0.3, -0.25) is 4.90 Å². The Bertz CT molecular complexity index is 315. The molecule has 1 saturated heterocycles. The van der Waals surface area contributed by atoms with Crippen molar-refractivity contribution >= 4 is 0 Å². The molecule has 1 aliphatic heterocycles. The van der Waals surface area contributed by atoms with Crippen LogP contribution in [0, 0.1) is 0 Å². The first-order valence-electron chi connectivity index (χ1n) is 5.88. The second kappa shape index (κ2) is 5.43. The highest BCUT2D eigenvalue weighted by molar-refractivity contribution is 5.14. The van der Waals surface area contributed by atoms with E-state index < -0.39 is 0 Å². The molecule has 1 aromatic rings. The molecular weight excluding hydrogens is 200 g/mol. The lowest BCUT2D eigenvalue weighted by molar-refractivity contribution is 0.182. The minimum atomic E-state index is -0.145. The molecule has 88 valence electrons. The smallest absolute Gasteiger partial charge is 0.0682 e. The van der Waals surface area contributed by atoms with Gasteiger partial charge in [-0.15, -0.1) is 0 Å². The van der Waals surface area contributed by atoms with E-state index in [9.17, 15) is 5.11 Å². The van der Waals surface area contributed by atoms with Gasteiger partial charge in [-0.2, -0.15) is 0 Å². The topological polar surface area (TPSA) is 35.5 Å². The zero-order chi connectivity index (χ0) is 11.4. The molecule has 0 bridgehead atoms. The number of aliphatic hydroxyl groups excluding tert-OH is 1. The summed E-state index contributed by atoms with van der Waals surface area (Å²) < 4.78 is 0. The maximum absolute atomic E-state index is 9.52. The molecule has 3 heteroatoms. The zero-order valence-corrected chi connectivity index (χ0v) is 9.76. The number of β-amino-alcohol motifs (C(OH)–C–C–N with tert-alkyl or cyclic N) is 1. The van der Waals surface area contributed by atoms with Crippen molar-refractivity contribution in [3.05, 3.63) is 35.9 Å². The summed E-state index contributed by atoms with van der Waals surface area (Å²) in [5, 5.41) is 13.0. The van der Waals surface area contributed by atoms with Crippen LogP contribution in [0.4, 0.5) is 0 Å². The standard InChI is InChI=1S/C13H20N2O/c1-15-10-13(16)7-12(15)9-14-8-11-5-3-2-4-6-11/h2-6,12-14,16H,7-10H2,1H3/t12-,13+/m0/s1. The van der Waals surface area contributed by atoms with E-state index in [0.717, 1.165) is 26.1 Å². The van der Waals surface area contributed by atoms with Gasteiger partial charge in [0.15, 0.2) is 0 Å². The maximum atomic E-state index is 9.52. The molecular formula is C13H20N2O. The minimum Gasteiger partial charge on any atom is -0.392 e. The molecule has 0 unspecified atom stereocenters. The number of hydrogen-bond donors (Lipinski definition) is 2. The van der Waals surface area contributed by atoms with Gasteiger partial charge in [0.2, 0.25) is 0 Å². The van der Waals surface area contributed by atoms with Crippen molar-refractivity contribution in [3.8, 4) is 0 Å². The third-order valence-corrected chi connectivity index (χ3v) is 3.22. The van der Waals surface area contributed by atoms with Crippen molar-refractivity contribution in [2.24, 2.45) is 0 Å². The Labute approximate surface area is 97.1 Å². The molecule has 16 heavy (non-hydrogen) atoms. The average molecular weight is 220 g/mol. The Morgan fingerprint density at radius 3 is 2.75 bits per heavy atom. The first-order valence-corrected chi connectivity index (χ1v) is 5.88. The number of likely N-dealkylation sites (tertiary alicyclic amines) is 1. The molecule has 2 atom stereocenters. The van der Waals surface area contributed by atoms with Gasteiger partial charge in [0.05, 0.1) is 6.10 Å². The third kappa shape index (κ3) is 3.04. The first kappa shape index (κ1) is 11.6. The number of aliphatic hydroxyl groups is 1. The lowest BCUT2D eigenvalue weighted by atomic mass is 10.2. The largest absolute Gasteiger partial charge is 0.392 e. The first-order chi connectivity index (χ1) is 7.75. The lowest BCUT2D eigenvalue weighted by Crippen LogP contribution is -2.35. The molecule has 1 aromatic carbocycles. The van der Waals surface area contributed by atoms with Crippen LogP contribution in [0.5, 0.6) is 0 Å². The van der Waals surface area contributed by atoms with Gasteiger partial charge < -0.3 is 10.4 Å². The van der Waals surface area contributed by atoms with E-state index in [1.807, 2.05) is 6.07 Å². The van der Waals surface area contributed by atoms with Crippen LogP contribution in [-0.2, 0) is 6.54 Å². The Hall–Kier alpha value is -0.900. The fraction of sp³-hybridized carbons (Fsp3) is 0.538. The van der Waals surface area contributed by atoms with E-state index >= 15 is 0 Å². The van der Waals surface area contributed by atoms with E-state index in [0.29, 0.717) is 6.04 Å². The van der Waals surface area contributed by atoms with Gasteiger partial charge in [-0.1, -0.05) is 30.3 Å². The van der Waals surface area contributed by atoms with Crippen LogP contribution in [0.15, 0.2) is 30.3 Å². The highest BCUT2D eigenvalue weighted by atomic mass is 16.3. The van der Waals surface area contributed by atoms with E-state index in [1.165, 1.54) is 5.56 Å². The summed E-state index contributed by atoms with van der Waals surface area (Å²) in [6.45, 7) is 2.65. The summed E-state index contributed by atoms with van der Waals surface area (Å²) in [5.74, 6) is 0. The van der Waals surface area contributed by atoms with Gasteiger partial charge in [0.25, 0.3) is 0 Å². The highest BCUT2D eigenvalue weighted by Gasteiger charge is 2.27. The summed E-state index contributed by atoms with van der Waals surface area (Å²) in [5.41, 5.74) is 1.31. The lowest BCUT2D eigenvalue weighted by Gasteiger charge is -2.19. The summed E-state index contributed by atoms with van der Waals surface area (Å²) in [6.07, 6.45) is 0.742. The van der Waals surface area contributed by atoms with Crippen molar-refractivity contribution in [1.82, 2.24) is 10.2 Å². The monoisotopic (exact) mass is 220 g/mol. The van der Waals surface area contributed by atoms with E-state index in [1.54, 1.807) is 0 Å². The van der Waals surface area contributed by atoms with Crippen LogP contribution >= 0.6 is 0 Å². The van der Waals surface area contributed by atoms with Gasteiger partial charge in [0.1, 0.15) is 0 Å². The molecule has 0 saturated carbocycles. The minimum absolute atomic E-state index is 0.145. The van der Waals surface area contributed by atoms with Gasteiger partial charge in [-0.25, -0.2) is 0 Å². The van der Waals surface area contributed by atoms with Crippen molar-refractivity contribution < 1.29 is 5.11 Å². The Kier molecular flexibility index (Phi) is 3.93.